The zero-order valence-corrected chi connectivity index (χ0v) is 22.1. The van der Waals surface area contributed by atoms with Gasteiger partial charge < -0.3 is 19.7 Å². The Bertz CT molecular complexity index is 1280. The lowest BCUT2D eigenvalue weighted by Crippen LogP contribution is -2.40. The van der Waals surface area contributed by atoms with Crippen LogP contribution in [0.5, 0.6) is 11.5 Å². The monoisotopic (exact) mass is 563 g/mol. The van der Waals surface area contributed by atoms with Crippen LogP contribution in [0.3, 0.4) is 0 Å². The number of hydrogen-bond acceptors (Lipinski definition) is 7. The van der Waals surface area contributed by atoms with Crippen molar-refractivity contribution in [1.29, 1.82) is 0 Å². The summed E-state index contributed by atoms with van der Waals surface area (Å²) in [6, 6.07) is 9.88. The fourth-order valence-electron chi connectivity index (χ4n) is 3.84. The third-order valence-corrected chi connectivity index (χ3v) is 7.19. The van der Waals surface area contributed by atoms with E-state index in [9.17, 15) is 19.2 Å². The molecule has 2 heterocycles. The van der Waals surface area contributed by atoms with Gasteiger partial charge in [0, 0.05) is 13.1 Å². The van der Waals surface area contributed by atoms with Crippen molar-refractivity contribution >= 4 is 69.7 Å². The molecule has 2 fully saturated rings. The molecule has 2 aromatic carbocycles. The molecular weight excluding hydrogens is 541 g/mol. The van der Waals surface area contributed by atoms with Gasteiger partial charge in [0.2, 0.25) is 5.91 Å². The highest BCUT2D eigenvalue weighted by atomic mass is 35.5. The van der Waals surface area contributed by atoms with Gasteiger partial charge in [-0.3, -0.25) is 24.1 Å². The first-order chi connectivity index (χ1) is 17.8. The van der Waals surface area contributed by atoms with Gasteiger partial charge in [-0.15, -0.1) is 0 Å². The number of rotatable bonds is 8. The molecule has 0 unspecified atom stereocenters. The standard InChI is InChI=1S/C25H23Cl2N3O6S/c1-35-19-11-15(10-17(27)23(19)36-14-21(31)28-18-7-3-2-6-16(18)26)12-20-24(33)30(25(34)37-20)13-22(32)29-8-4-5-9-29/h2-3,6-7,10-12H,4-5,8-9,13-14H2,1H3,(H,28,31)/b20-12-. The van der Waals surface area contributed by atoms with Crippen molar-refractivity contribution < 1.29 is 28.7 Å². The van der Waals surface area contributed by atoms with Crippen LogP contribution < -0.4 is 14.8 Å². The second kappa shape index (κ2) is 11.9. The summed E-state index contributed by atoms with van der Waals surface area (Å²) in [5.41, 5.74) is 0.924. The molecule has 4 rings (SSSR count). The number of hydrogen-bond donors (Lipinski definition) is 1. The van der Waals surface area contributed by atoms with Crippen molar-refractivity contribution in [2.75, 3.05) is 38.7 Å². The smallest absolute Gasteiger partial charge is 0.294 e. The fraction of sp³-hybridized carbons (Fsp3) is 0.280. The number of nitrogens with one attached hydrogen (secondary N) is 1. The highest BCUT2D eigenvalue weighted by Crippen LogP contribution is 2.39. The number of ether oxygens (including phenoxy) is 2. The average molecular weight is 564 g/mol. The van der Waals surface area contributed by atoms with Crippen LogP contribution in [0.15, 0.2) is 41.3 Å². The third-order valence-electron chi connectivity index (χ3n) is 5.67. The number of amides is 4. The summed E-state index contributed by atoms with van der Waals surface area (Å²) >= 11 is 13.2. The van der Waals surface area contributed by atoms with Crippen LogP contribution in [0.4, 0.5) is 10.5 Å². The molecule has 12 heteroatoms. The molecule has 0 spiro atoms. The number of carbonyl (C=O) groups excluding carboxylic acids is 4. The Labute approximate surface area is 227 Å². The Kier molecular flexibility index (Phi) is 8.63. The summed E-state index contributed by atoms with van der Waals surface area (Å²) in [7, 11) is 1.41. The minimum absolute atomic E-state index is 0.139. The molecule has 4 amide bonds. The lowest BCUT2D eigenvalue weighted by Gasteiger charge is -2.18. The van der Waals surface area contributed by atoms with Crippen molar-refractivity contribution in [1.82, 2.24) is 9.80 Å². The predicted octanol–water partition coefficient (Wildman–Crippen LogP) is 4.68. The van der Waals surface area contributed by atoms with E-state index in [4.69, 9.17) is 32.7 Å². The van der Waals surface area contributed by atoms with Crippen molar-refractivity contribution in [3.05, 3.63) is 56.9 Å². The number of halogens is 2. The van der Waals surface area contributed by atoms with Crippen LogP contribution in [0.2, 0.25) is 10.0 Å². The van der Waals surface area contributed by atoms with Crippen LogP contribution in [-0.2, 0) is 14.4 Å². The van der Waals surface area contributed by atoms with E-state index in [1.54, 1.807) is 35.2 Å². The molecule has 9 nitrogen and oxygen atoms in total. The molecule has 2 saturated heterocycles. The minimum Gasteiger partial charge on any atom is -0.493 e. The minimum atomic E-state index is -0.547. The van der Waals surface area contributed by atoms with Gasteiger partial charge in [-0.1, -0.05) is 35.3 Å². The third kappa shape index (κ3) is 6.38. The molecule has 0 atom stereocenters. The van der Waals surface area contributed by atoms with Gasteiger partial charge in [0.15, 0.2) is 18.1 Å². The van der Waals surface area contributed by atoms with Crippen molar-refractivity contribution in [3.8, 4) is 11.5 Å². The number of likely N-dealkylation sites (tertiary alicyclic amines) is 1. The maximum atomic E-state index is 12.8. The Hall–Kier alpha value is -3.21. The van der Waals surface area contributed by atoms with Crippen molar-refractivity contribution in [3.63, 3.8) is 0 Å². The van der Waals surface area contributed by atoms with Gasteiger partial charge in [-0.05, 0) is 60.5 Å². The second-order valence-corrected chi connectivity index (χ2v) is 10.0. The number of methoxy groups -OCH3 is 1. The van der Waals surface area contributed by atoms with E-state index in [1.165, 1.54) is 19.3 Å². The normalized spacial score (nSPS) is 16.5. The summed E-state index contributed by atoms with van der Waals surface area (Å²) in [4.78, 5) is 52.7. The van der Waals surface area contributed by atoms with Crippen molar-refractivity contribution in [2.24, 2.45) is 0 Å². The van der Waals surface area contributed by atoms with E-state index >= 15 is 0 Å². The molecule has 1 N–H and O–H groups in total. The van der Waals surface area contributed by atoms with Gasteiger partial charge >= 0.3 is 0 Å². The molecule has 0 aromatic heterocycles. The first kappa shape index (κ1) is 26.8. The molecule has 194 valence electrons. The maximum Gasteiger partial charge on any atom is 0.294 e. The Morgan fingerprint density at radius 2 is 1.84 bits per heavy atom. The number of anilines is 1. The first-order valence-corrected chi connectivity index (χ1v) is 12.9. The Balaban J connectivity index is 1.44. The van der Waals surface area contributed by atoms with E-state index in [-0.39, 0.29) is 40.5 Å². The van der Waals surface area contributed by atoms with Crippen LogP contribution in [0, 0.1) is 0 Å². The highest BCUT2D eigenvalue weighted by molar-refractivity contribution is 8.18. The second-order valence-electron chi connectivity index (χ2n) is 8.21. The van der Waals surface area contributed by atoms with Crippen LogP contribution in [-0.4, -0.2) is 66.1 Å². The SMILES string of the molecule is COc1cc(/C=C2\SC(=O)N(CC(=O)N3CCCC3)C2=O)cc(Cl)c1OCC(=O)Nc1ccccc1Cl. The molecule has 2 aliphatic heterocycles. The Morgan fingerprint density at radius 1 is 1.11 bits per heavy atom. The number of imide groups is 1. The number of thioether (sulfide) groups is 1. The highest BCUT2D eigenvalue weighted by Gasteiger charge is 2.37. The van der Waals surface area contributed by atoms with Gasteiger partial charge in [0.05, 0.1) is 27.7 Å². The summed E-state index contributed by atoms with van der Waals surface area (Å²) in [6.45, 7) is 0.637. The van der Waals surface area contributed by atoms with E-state index in [0.29, 0.717) is 29.4 Å². The fourth-order valence-corrected chi connectivity index (χ4v) is 5.13. The number of para-hydroxylation sites is 1. The molecule has 0 radical (unpaired) electrons. The van der Waals surface area contributed by atoms with Crippen LogP contribution >= 0.6 is 35.0 Å². The van der Waals surface area contributed by atoms with Gasteiger partial charge in [-0.2, -0.15) is 0 Å². The Morgan fingerprint density at radius 3 is 2.54 bits per heavy atom. The van der Waals surface area contributed by atoms with E-state index < -0.39 is 17.1 Å². The average Bonchev–Trinajstić information content (AvgIpc) is 3.49. The molecule has 0 bridgehead atoms. The van der Waals surface area contributed by atoms with Crippen LogP contribution in [0.1, 0.15) is 18.4 Å². The summed E-state index contributed by atoms with van der Waals surface area (Å²) in [5.74, 6) is -0.875. The van der Waals surface area contributed by atoms with E-state index in [0.717, 1.165) is 29.5 Å². The number of nitrogens with zero attached hydrogens (tertiary/aromatic N) is 2. The molecular formula is C25H23Cl2N3O6S. The quantitative estimate of drug-likeness (QED) is 0.465. The number of carbonyl (C=O) groups is 4. The lowest BCUT2D eigenvalue weighted by molar-refractivity contribution is -0.135. The summed E-state index contributed by atoms with van der Waals surface area (Å²) in [6.07, 6.45) is 3.33. The maximum absolute atomic E-state index is 12.8. The molecule has 2 aliphatic rings. The largest absolute Gasteiger partial charge is 0.493 e. The van der Waals surface area contributed by atoms with E-state index in [2.05, 4.69) is 5.32 Å². The molecule has 0 saturated carbocycles. The molecule has 0 aliphatic carbocycles. The van der Waals surface area contributed by atoms with Crippen molar-refractivity contribution in [2.45, 2.75) is 12.8 Å². The van der Waals surface area contributed by atoms with Gasteiger partial charge in [0.1, 0.15) is 6.54 Å². The predicted molar refractivity (Wildman–Crippen MR) is 142 cm³/mol. The summed E-state index contributed by atoms with van der Waals surface area (Å²) in [5, 5.41) is 2.67. The topological polar surface area (TPSA) is 105 Å². The zero-order chi connectivity index (χ0) is 26.5. The molecule has 37 heavy (non-hydrogen) atoms. The van der Waals surface area contributed by atoms with Gasteiger partial charge in [0.25, 0.3) is 17.1 Å². The number of benzene rings is 2. The first-order valence-electron chi connectivity index (χ1n) is 11.3. The summed E-state index contributed by atoms with van der Waals surface area (Å²) < 4.78 is 11.0. The molecule has 2 aromatic rings. The lowest BCUT2D eigenvalue weighted by atomic mass is 10.1. The van der Waals surface area contributed by atoms with Gasteiger partial charge in [-0.25, -0.2) is 0 Å². The van der Waals surface area contributed by atoms with E-state index in [1.807, 2.05) is 0 Å². The zero-order valence-electron chi connectivity index (χ0n) is 19.8. The van der Waals surface area contributed by atoms with Crippen LogP contribution in [0.25, 0.3) is 6.08 Å².